The molecule has 3 nitrogen and oxygen atoms in total. The Bertz CT molecular complexity index is 412. The maximum Gasteiger partial charge on any atom is 0.0776 e. The number of halogens is 1. The van der Waals surface area contributed by atoms with Gasteiger partial charge in [0.2, 0.25) is 0 Å². The van der Waals surface area contributed by atoms with Gasteiger partial charge in [0.1, 0.15) is 0 Å². The van der Waals surface area contributed by atoms with Crippen LogP contribution in [0.4, 0.5) is 5.69 Å². The van der Waals surface area contributed by atoms with Crippen LogP contribution in [-0.2, 0) is 4.74 Å². The molecule has 1 aliphatic rings. The van der Waals surface area contributed by atoms with E-state index in [0.717, 1.165) is 24.3 Å². The molecule has 0 aliphatic carbocycles. The standard InChI is InChI=1S/C14H20ClNO2/c1-9-7-16(8-10(2)18-9)12-4-5-13(11(3)17)14(15)6-12/h4-6,9-11,17H,7-8H2,1-3H3. The van der Waals surface area contributed by atoms with Crippen molar-refractivity contribution in [2.75, 3.05) is 18.0 Å². The van der Waals surface area contributed by atoms with Crippen molar-refractivity contribution in [1.29, 1.82) is 0 Å². The zero-order valence-electron chi connectivity index (χ0n) is 11.1. The number of aliphatic hydroxyl groups excluding tert-OH is 1. The number of rotatable bonds is 2. The number of nitrogens with zero attached hydrogens (tertiary/aromatic N) is 1. The average Bonchev–Trinajstić information content (AvgIpc) is 2.26. The highest BCUT2D eigenvalue weighted by Gasteiger charge is 2.22. The highest BCUT2D eigenvalue weighted by molar-refractivity contribution is 6.31. The topological polar surface area (TPSA) is 32.7 Å². The number of ether oxygens (including phenoxy) is 1. The number of hydrogen-bond acceptors (Lipinski definition) is 3. The van der Waals surface area contributed by atoms with Crippen molar-refractivity contribution >= 4 is 17.3 Å². The first-order valence-corrected chi connectivity index (χ1v) is 6.73. The normalized spacial score (nSPS) is 26.2. The van der Waals surface area contributed by atoms with E-state index in [4.69, 9.17) is 16.3 Å². The van der Waals surface area contributed by atoms with Gasteiger partial charge in [0.15, 0.2) is 0 Å². The molecule has 1 N–H and O–H groups in total. The summed E-state index contributed by atoms with van der Waals surface area (Å²) in [7, 11) is 0. The third-order valence-electron chi connectivity index (χ3n) is 3.22. The van der Waals surface area contributed by atoms with Gasteiger partial charge in [-0.3, -0.25) is 0 Å². The van der Waals surface area contributed by atoms with Crippen molar-refractivity contribution in [3.05, 3.63) is 28.8 Å². The lowest BCUT2D eigenvalue weighted by Crippen LogP contribution is -2.45. The van der Waals surface area contributed by atoms with Gasteiger partial charge in [0, 0.05) is 23.8 Å². The molecular formula is C14H20ClNO2. The summed E-state index contributed by atoms with van der Waals surface area (Å²) in [6, 6.07) is 5.83. The van der Waals surface area contributed by atoms with Gasteiger partial charge in [0.05, 0.1) is 18.3 Å². The van der Waals surface area contributed by atoms with E-state index in [2.05, 4.69) is 18.7 Å². The lowest BCUT2D eigenvalue weighted by Gasteiger charge is -2.37. The van der Waals surface area contributed by atoms with E-state index in [1.807, 2.05) is 18.2 Å². The van der Waals surface area contributed by atoms with Crippen molar-refractivity contribution in [2.45, 2.75) is 39.1 Å². The second-order valence-electron chi connectivity index (χ2n) is 5.04. The first-order chi connectivity index (χ1) is 8.47. The first kappa shape index (κ1) is 13.7. The van der Waals surface area contributed by atoms with Gasteiger partial charge in [-0.05, 0) is 38.5 Å². The van der Waals surface area contributed by atoms with E-state index in [9.17, 15) is 5.11 Å². The third-order valence-corrected chi connectivity index (χ3v) is 3.55. The predicted molar refractivity (Wildman–Crippen MR) is 74.3 cm³/mol. The zero-order valence-corrected chi connectivity index (χ0v) is 11.8. The Morgan fingerprint density at radius 1 is 1.33 bits per heavy atom. The molecule has 1 heterocycles. The van der Waals surface area contributed by atoms with Gasteiger partial charge in [-0.15, -0.1) is 0 Å². The summed E-state index contributed by atoms with van der Waals surface area (Å²) in [4.78, 5) is 2.27. The summed E-state index contributed by atoms with van der Waals surface area (Å²) in [6.07, 6.45) is -0.0815. The second-order valence-corrected chi connectivity index (χ2v) is 5.45. The average molecular weight is 270 g/mol. The molecule has 1 fully saturated rings. The van der Waals surface area contributed by atoms with E-state index < -0.39 is 6.10 Å². The van der Waals surface area contributed by atoms with E-state index in [0.29, 0.717) is 5.02 Å². The predicted octanol–water partition coefficient (Wildman–Crippen LogP) is 3.01. The molecule has 0 amide bonds. The van der Waals surface area contributed by atoms with E-state index >= 15 is 0 Å². The molecular weight excluding hydrogens is 250 g/mol. The lowest BCUT2D eigenvalue weighted by atomic mass is 10.1. The summed E-state index contributed by atoms with van der Waals surface area (Å²) in [6.45, 7) is 7.62. The molecule has 2 rings (SSSR count). The number of anilines is 1. The van der Waals surface area contributed by atoms with Crippen molar-refractivity contribution in [1.82, 2.24) is 0 Å². The Hall–Kier alpha value is -0.770. The second kappa shape index (κ2) is 5.47. The van der Waals surface area contributed by atoms with Gasteiger partial charge >= 0.3 is 0 Å². The molecule has 3 atom stereocenters. The van der Waals surface area contributed by atoms with Gasteiger partial charge in [-0.25, -0.2) is 0 Å². The number of morpholine rings is 1. The molecule has 1 aromatic carbocycles. The highest BCUT2D eigenvalue weighted by Crippen LogP contribution is 2.29. The van der Waals surface area contributed by atoms with Crippen LogP contribution >= 0.6 is 11.6 Å². The monoisotopic (exact) mass is 269 g/mol. The zero-order chi connectivity index (χ0) is 13.3. The van der Waals surface area contributed by atoms with Crippen LogP contribution in [0, 0.1) is 0 Å². The van der Waals surface area contributed by atoms with E-state index in [-0.39, 0.29) is 12.2 Å². The minimum absolute atomic E-state index is 0.226. The minimum Gasteiger partial charge on any atom is -0.389 e. The Labute approximate surface area is 113 Å². The fourth-order valence-electron chi connectivity index (χ4n) is 2.44. The van der Waals surface area contributed by atoms with Gasteiger partial charge in [-0.2, -0.15) is 0 Å². The van der Waals surface area contributed by atoms with Crippen LogP contribution in [0.25, 0.3) is 0 Å². The van der Waals surface area contributed by atoms with E-state index in [1.165, 1.54) is 0 Å². The van der Waals surface area contributed by atoms with Crippen molar-refractivity contribution in [2.24, 2.45) is 0 Å². The van der Waals surface area contributed by atoms with Crippen molar-refractivity contribution in [3.63, 3.8) is 0 Å². The smallest absolute Gasteiger partial charge is 0.0776 e. The SMILES string of the molecule is CC1CN(c2ccc(C(C)O)c(Cl)c2)CC(C)O1. The Kier molecular flexibility index (Phi) is 4.15. The van der Waals surface area contributed by atoms with Crippen LogP contribution in [0.2, 0.25) is 5.02 Å². The molecule has 18 heavy (non-hydrogen) atoms. The molecule has 100 valence electrons. The molecule has 0 radical (unpaired) electrons. The van der Waals surface area contributed by atoms with Crippen molar-refractivity contribution in [3.8, 4) is 0 Å². The van der Waals surface area contributed by atoms with Crippen LogP contribution in [-0.4, -0.2) is 30.4 Å². The Morgan fingerprint density at radius 2 is 1.94 bits per heavy atom. The molecule has 0 saturated carbocycles. The van der Waals surface area contributed by atoms with Gasteiger partial charge in [0.25, 0.3) is 0 Å². The largest absolute Gasteiger partial charge is 0.389 e. The van der Waals surface area contributed by atoms with Crippen LogP contribution in [0.3, 0.4) is 0 Å². The Balaban J connectivity index is 2.21. The quantitative estimate of drug-likeness (QED) is 0.896. The molecule has 1 aromatic rings. The molecule has 3 unspecified atom stereocenters. The summed E-state index contributed by atoms with van der Waals surface area (Å²) < 4.78 is 5.72. The van der Waals surface area contributed by atoms with Crippen LogP contribution in [0.5, 0.6) is 0 Å². The summed E-state index contributed by atoms with van der Waals surface area (Å²) in [5.74, 6) is 0. The van der Waals surface area contributed by atoms with Gasteiger partial charge in [-0.1, -0.05) is 17.7 Å². The molecule has 0 aromatic heterocycles. The van der Waals surface area contributed by atoms with Crippen molar-refractivity contribution < 1.29 is 9.84 Å². The summed E-state index contributed by atoms with van der Waals surface area (Å²) >= 11 is 6.20. The summed E-state index contributed by atoms with van der Waals surface area (Å²) in [5, 5.41) is 10.2. The van der Waals surface area contributed by atoms with Gasteiger partial charge < -0.3 is 14.7 Å². The highest BCUT2D eigenvalue weighted by atomic mass is 35.5. The number of hydrogen-bond donors (Lipinski definition) is 1. The van der Waals surface area contributed by atoms with Crippen LogP contribution < -0.4 is 4.90 Å². The first-order valence-electron chi connectivity index (χ1n) is 6.35. The summed E-state index contributed by atoms with van der Waals surface area (Å²) in [5.41, 5.74) is 1.86. The third kappa shape index (κ3) is 2.97. The maximum absolute atomic E-state index is 9.57. The Morgan fingerprint density at radius 3 is 2.44 bits per heavy atom. The molecule has 1 saturated heterocycles. The maximum atomic E-state index is 9.57. The fraction of sp³-hybridized carbons (Fsp3) is 0.571. The molecule has 1 aliphatic heterocycles. The number of aliphatic hydroxyl groups is 1. The molecule has 0 spiro atoms. The van der Waals surface area contributed by atoms with Crippen LogP contribution in [0.1, 0.15) is 32.4 Å². The molecule has 0 bridgehead atoms. The fourth-order valence-corrected chi connectivity index (χ4v) is 2.77. The van der Waals surface area contributed by atoms with Crippen LogP contribution in [0.15, 0.2) is 18.2 Å². The molecule has 4 heteroatoms. The van der Waals surface area contributed by atoms with E-state index in [1.54, 1.807) is 6.92 Å². The minimum atomic E-state index is -0.533. The lowest BCUT2D eigenvalue weighted by molar-refractivity contribution is -0.00522. The number of benzene rings is 1.